The summed E-state index contributed by atoms with van der Waals surface area (Å²) in [4.78, 5) is 76.9. The molecule has 1 aliphatic heterocycles. The molecule has 0 saturated carbocycles. The Labute approximate surface area is 201 Å². The van der Waals surface area contributed by atoms with Crippen LogP contribution in [0, 0.1) is 0 Å². The van der Waals surface area contributed by atoms with E-state index in [0.717, 1.165) is 19.6 Å². The van der Waals surface area contributed by atoms with Crippen LogP contribution in [0.3, 0.4) is 0 Å². The van der Waals surface area contributed by atoms with E-state index < -0.39 is 46.0 Å². The first-order valence-electron chi connectivity index (χ1n) is 10.5. The highest BCUT2D eigenvalue weighted by molar-refractivity contribution is 7.52. The fraction of sp³-hybridized carbons (Fsp3) is 0.812. The second kappa shape index (κ2) is 13.9. The van der Waals surface area contributed by atoms with Crippen molar-refractivity contribution in [2.45, 2.75) is 6.42 Å². The molecule has 0 radical (unpaired) electrons. The molecule has 3 amide bonds. The second-order valence-electron chi connectivity index (χ2n) is 8.01. The highest BCUT2D eigenvalue weighted by Gasteiger charge is 2.26. The van der Waals surface area contributed by atoms with Gasteiger partial charge in [0.15, 0.2) is 0 Å². The Morgan fingerprint density at radius 2 is 0.943 bits per heavy atom. The molecule has 0 unspecified atom stereocenters. The van der Waals surface area contributed by atoms with Crippen molar-refractivity contribution in [1.29, 1.82) is 0 Å². The molecule has 0 aromatic rings. The predicted octanol–water partition coefficient (Wildman–Crippen LogP) is -0.795. The minimum absolute atomic E-state index is 0.00938. The Kier molecular flexibility index (Phi) is 12.4. The lowest BCUT2D eigenvalue weighted by molar-refractivity contribution is 0.0980. The van der Waals surface area contributed by atoms with Gasteiger partial charge in [-0.05, 0) is 13.0 Å². The molecule has 35 heavy (non-hydrogen) atoms. The van der Waals surface area contributed by atoms with E-state index in [1.807, 2.05) is 0 Å². The zero-order valence-corrected chi connectivity index (χ0v) is 20.8. The van der Waals surface area contributed by atoms with Gasteiger partial charge in [0.2, 0.25) is 0 Å². The molecule has 7 N–H and O–H groups in total. The van der Waals surface area contributed by atoms with Crippen LogP contribution in [-0.4, -0.2) is 156 Å². The van der Waals surface area contributed by atoms with E-state index in [2.05, 4.69) is 0 Å². The zero-order valence-electron chi connectivity index (χ0n) is 19.0. The van der Waals surface area contributed by atoms with E-state index in [4.69, 9.17) is 19.6 Å². The van der Waals surface area contributed by atoms with Crippen LogP contribution in [0.2, 0.25) is 0 Å². The number of carboxylic acid groups (broad SMARTS) is 3. The van der Waals surface area contributed by atoms with E-state index in [-0.39, 0.29) is 71.9 Å². The summed E-state index contributed by atoms with van der Waals surface area (Å²) in [6.45, 7) is -0.0965. The lowest BCUT2D eigenvalue weighted by Crippen LogP contribution is -2.49. The largest absolute Gasteiger partial charge is 0.465 e. The van der Waals surface area contributed by atoms with Crippen LogP contribution in [0.15, 0.2) is 0 Å². The number of hydrogen-bond acceptors (Lipinski definition) is 7. The Morgan fingerprint density at radius 1 is 0.629 bits per heavy atom. The Morgan fingerprint density at radius 3 is 1.23 bits per heavy atom. The van der Waals surface area contributed by atoms with E-state index in [9.17, 15) is 38.8 Å². The van der Waals surface area contributed by atoms with Gasteiger partial charge in [0.1, 0.15) is 12.6 Å². The summed E-state index contributed by atoms with van der Waals surface area (Å²) in [7, 11) is -9.17. The summed E-state index contributed by atoms with van der Waals surface area (Å²) in [5, 5.41) is 28.2. The fourth-order valence-corrected chi connectivity index (χ4v) is 5.16. The van der Waals surface area contributed by atoms with Crippen molar-refractivity contribution >= 4 is 33.5 Å². The summed E-state index contributed by atoms with van der Waals surface area (Å²) in [5.74, 6) is 0. The Bertz CT molecular complexity index is 767. The highest BCUT2D eigenvalue weighted by Crippen LogP contribution is 2.40. The smallest absolute Gasteiger partial charge is 0.407 e. The predicted molar refractivity (Wildman–Crippen MR) is 120 cm³/mol. The molecule has 0 spiro atoms. The van der Waals surface area contributed by atoms with Crippen LogP contribution in [-0.2, 0) is 9.13 Å². The van der Waals surface area contributed by atoms with Crippen molar-refractivity contribution < 1.29 is 58.4 Å². The van der Waals surface area contributed by atoms with Gasteiger partial charge in [0, 0.05) is 58.9 Å². The molecular formula is C16H33N5O12P2. The fourth-order valence-electron chi connectivity index (χ4n) is 3.48. The lowest BCUT2D eigenvalue weighted by atomic mass is 10.3. The van der Waals surface area contributed by atoms with Gasteiger partial charge in [0.25, 0.3) is 0 Å². The third kappa shape index (κ3) is 13.6. The molecule has 0 aliphatic carbocycles. The topological polar surface area (TPSA) is 243 Å². The van der Waals surface area contributed by atoms with Crippen molar-refractivity contribution in [3.8, 4) is 0 Å². The number of nitrogens with zero attached hydrogens (tertiary/aromatic N) is 5. The number of carbonyl (C=O) groups is 3. The van der Waals surface area contributed by atoms with Crippen LogP contribution in [0.25, 0.3) is 0 Å². The molecule has 0 aromatic carbocycles. The minimum Gasteiger partial charge on any atom is -0.465 e. The minimum atomic E-state index is -4.58. The molecule has 204 valence electrons. The monoisotopic (exact) mass is 549 g/mol. The van der Waals surface area contributed by atoms with Crippen molar-refractivity contribution in [3.05, 3.63) is 0 Å². The number of amides is 3. The van der Waals surface area contributed by atoms with Gasteiger partial charge in [-0.2, -0.15) is 0 Å². The van der Waals surface area contributed by atoms with Gasteiger partial charge in [-0.3, -0.25) is 18.9 Å². The zero-order chi connectivity index (χ0) is 26.8. The summed E-state index contributed by atoms with van der Waals surface area (Å²) in [6, 6.07) is 0. The van der Waals surface area contributed by atoms with Gasteiger partial charge < -0.3 is 49.6 Å². The van der Waals surface area contributed by atoms with Crippen molar-refractivity contribution in [2.24, 2.45) is 0 Å². The Hall–Kier alpha value is -1.97. The number of rotatable bonds is 8. The van der Waals surface area contributed by atoms with Crippen LogP contribution in [0.4, 0.5) is 14.4 Å². The van der Waals surface area contributed by atoms with E-state index in [1.54, 1.807) is 4.90 Å². The van der Waals surface area contributed by atoms with E-state index in [1.165, 1.54) is 0 Å². The first-order chi connectivity index (χ1) is 16.1. The maximum atomic E-state index is 11.6. The van der Waals surface area contributed by atoms with Crippen LogP contribution in [0.5, 0.6) is 0 Å². The van der Waals surface area contributed by atoms with Crippen LogP contribution in [0.1, 0.15) is 6.42 Å². The average Bonchev–Trinajstić information content (AvgIpc) is 2.66. The van der Waals surface area contributed by atoms with Crippen molar-refractivity contribution in [2.75, 3.05) is 78.0 Å². The maximum absolute atomic E-state index is 11.6. The normalized spacial score (nSPS) is 17.7. The number of hydrogen-bond donors (Lipinski definition) is 7. The van der Waals surface area contributed by atoms with Gasteiger partial charge in [0.05, 0.1) is 0 Å². The molecule has 0 aromatic heterocycles. The summed E-state index contributed by atoms with van der Waals surface area (Å²) in [5.41, 5.74) is 0. The van der Waals surface area contributed by atoms with Gasteiger partial charge >= 0.3 is 33.5 Å². The average molecular weight is 549 g/mol. The summed E-state index contributed by atoms with van der Waals surface area (Å²) < 4.78 is 22.6. The molecule has 17 nitrogen and oxygen atoms in total. The van der Waals surface area contributed by atoms with Crippen LogP contribution < -0.4 is 0 Å². The molecule has 0 bridgehead atoms. The highest BCUT2D eigenvalue weighted by atomic mass is 31.2. The quantitative estimate of drug-likeness (QED) is 0.183. The Balaban J connectivity index is 2.90. The third-order valence-corrected chi connectivity index (χ3v) is 6.72. The molecule has 19 heteroatoms. The van der Waals surface area contributed by atoms with E-state index in [0.29, 0.717) is 0 Å². The molecular weight excluding hydrogens is 516 g/mol. The van der Waals surface area contributed by atoms with Gasteiger partial charge in [-0.1, -0.05) is 0 Å². The molecule has 1 saturated heterocycles. The van der Waals surface area contributed by atoms with Crippen molar-refractivity contribution in [1.82, 2.24) is 24.5 Å². The lowest BCUT2D eigenvalue weighted by Gasteiger charge is -2.32. The molecule has 1 fully saturated rings. The standard InChI is InChI=1S/C16H33N5O12P2/c22-14(23)19-6-4-17(2-1-3-18(12-34(28,29)30)13-35(31,32)33)5-7-20(15(24)25)9-11-21(10-8-19)16(26)27/h1-13H2,(H,22,23)(H,24,25)(H,26,27)(H2,28,29,30)(H2,31,32,33). The molecule has 1 rings (SSSR count). The molecule has 1 aliphatic rings. The first-order valence-corrected chi connectivity index (χ1v) is 14.1. The third-order valence-electron chi connectivity index (χ3n) is 5.18. The van der Waals surface area contributed by atoms with Crippen LogP contribution >= 0.6 is 15.2 Å². The van der Waals surface area contributed by atoms with Gasteiger partial charge in [-0.15, -0.1) is 0 Å². The summed E-state index contributed by atoms with van der Waals surface area (Å²) in [6.07, 6.45) is -5.31. The second-order valence-corrected chi connectivity index (χ2v) is 11.2. The molecule has 1 heterocycles. The molecule has 0 atom stereocenters. The maximum Gasteiger partial charge on any atom is 0.407 e. The van der Waals surface area contributed by atoms with Gasteiger partial charge in [-0.25, -0.2) is 14.4 Å². The summed E-state index contributed by atoms with van der Waals surface area (Å²) >= 11 is 0. The first kappa shape index (κ1) is 31.1. The van der Waals surface area contributed by atoms with E-state index >= 15 is 0 Å². The van der Waals surface area contributed by atoms with Crippen molar-refractivity contribution in [3.63, 3.8) is 0 Å². The SMILES string of the molecule is O=C(O)N1CCN(CCCN(CP(=O)(O)O)CP(=O)(O)O)CCN(C(=O)O)CCN(C(=O)O)CC1.